The molecule has 0 unspecified atom stereocenters. The maximum Gasteiger partial charge on any atom is 0.324 e. The van der Waals surface area contributed by atoms with Crippen molar-refractivity contribution in [1.29, 1.82) is 0 Å². The van der Waals surface area contributed by atoms with Crippen molar-refractivity contribution in [2.45, 2.75) is 80.7 Å². The second-order valence-electron chi connectivity index (χ2n) is 9.06. The second-order valence-corrected chi connectivity index (χ2v) is 10.7. The third kappa shape index (κ3) is 4.61. The minimum Gasteiger partial charge on any atom is -0.332 e. The average molecular weight is 493 g/mol. The van der Waals surface area contributed by atoms with Gasteiger partial charge < -0.3 is 9.09 Å². The van der Waals surface area contributed by atoms with E-state index in [2.05, 4.69) is 25.1 Å². The van der Waals surface area contributed by atoms with Gasteiger partial charge in [0.2, 0.25) is 15.8 Å². The highest BCUT2D eigenvalue weighted by Gasteiger charge is 2.37. The molecule has 3 aromatic rings. The number of nitrogens with zero attached hydrogens (tertiary/aromatic N) is 5. The van der Waals surface area contributed by atoms with Crippen LogP contribution in [0.4, 0.5) is 8.78 Å². The summed E-state index contributed by atoms with van der Waals surface area (Å²) < 4.78 is 64.1. The molecule has 0 radical (unpaired) electrons. The first-order valence-electron chi connectivity index (χ1n) is 11.5. The molecule has 0 saturated heterocycles. The number of aromatic nitrogens is 5. The Kier molecular flexibility index (Phi) is 5.96. The second kappa shape index (κ2) is 8.81. The molecule has 0 bridgehead atoms. The molecule has 0 aliphatic heterocycles. The first-order valence-corrected chi connectivity index (χ1v) is 13.0. The lowest BCUT2D eigenvalue weighted by molar-refractivity contribution is -0.0391. The van der Waals surface area contributed by atoms with Crippen LogP contribution in [0.25, 0.3) is 11.4 Å². The molecule has 34 heavy (non-hydrogen) atoms. The Hall–Kier alpha value is -2.73. The highest BCUT2D eigenvalue weighted by molar-refractivity contribution is 7.89. The number of sulfonamides is 1. The van der Waals surface area contributed by atoms with Gasteiger partial charge >= 0.3 is 5.92 Å². The Morgan fingerprint density at radius 1 is 1.18 bits per heavy atom. The normalized spacial score (nSPS) is 21.6. The minimum atomic E-state index is -3.78. The van der Waals surface area contributed by atoms with Gasteiger partial charge in [-0.1, -0.05) is 12.1 Å². The summed E-state index contributed by atoms with van der Waals surface area (Å²) in [4.78, 5) is 4.07. The lowest BCUT2D eigenvalue weighted by atomic mass is 9.91. The highest BCUT2D eigenvalue weighted by Crippen LogP contribution is 2.44. The van der Waals surface area contributed by atoms with Gasteiger partial charge in [-0.2, -0.15) is 13.8 Å². The number of hydrogen-bond acceptors (Lipinski definition) is 7. The molecule has 2 heterocycles. The number of nitrogens with one attached hydrogen (secondary N) is 1. The summed E-state index contributed by atoms with van der Waals surface area (Å²) in [6.07, 6.45) is 7.86. The zero-order chi connectivity index (χ0) is 23.9. The Morgan fingerprint density at radius 3 is 2.65 bits per heavy atom. The predicted octanol–water partition coefficient (Wildman–Crippen LogP) is 4.17. The van der Waals surface area contributed by atoms with E-state index in [0.717, 1.165) is 32.1 Å². The van der Waals surface area contributed by atoms with Crippen LogP contribution < -0.4 is 4.72 Å². The summed E-state index contributed by atoms with van der Waals surface area (Å²) in [5.41, 5.74) is 1.11. The van der Waals surface area contributed by atoms with E-state index in [-0.39, 0.29) is 28.7 Å². The van der Waals surface area contributed by atoms with E-state index in [1.165, 1.54) is 13.0 Å². The van der Waals surface area contributed by atoms with Gasteiger partial charge in [-0.3, -0.25) is 0 Å². The number of benzene rings is 1. The molecule has 2 aromatic heterocycles. The molecule has 2 atom stereocenters. The largest absolute Gasteiger partial charge is 0.332 e. The van der Waals surface area contributed by atoms with Crippen molar-refractivity contribution >= 4 is 10.0 Å². The molecule has 1 N–H and O–H groups in total. The van der Waals surface area contributed by atoms with Crippen molar-refractivity contribution < 1.29 is 21.7 Å². The van der Waals surface area contributed by atoms with Crippen molar-refractivity contribution in [1.82, 2.24) is 29.6 Å². The standard InChI is InChI=1S/C22H26F2N6O3S/c1-2-22(23,24)21-27-20(28-33-21)15-8-9-19(18(10-15)14-6-7-14)34(31,32)29-16-4-3-5-17(11-16)30-12-25-26-13-30/h8-10,12-14,16-17,29H,2-7,11H2,1H3/t16-,17+/m0/s1. The van der Waals surface area contributed by atoms with Crippen LogP contribution in [-0.2, 0) is 15.9 Å². The molecular weight excluding hydrogens is 466 g/mol. The van der Waals surface area contributed by atoms with Crippen LogP contribution in [0, 0.1) is 0 Å². The third-order valence-corrected chi connectivity index (χ3v) is 8.18. The summed E-state index contributed by atoms with van der Waals surface area (Å²) in [6.45, 7) is 1.34. The smallest absolute Gasteiger partial charge is 0.324 e. The van der Waals surface area contributed by atoms with Gasteiger partial charge in [-0.25, -0.2) is 13.1 Å². The quantitative estimate of drug-likeness (QED) is 0.502. The maximum absolute atomic E-state index is 13.9. The van der Waals surface area contributed by atoms with E-state index in [1.807, 2.05) is 4.57 Å². The number of alkyl halides is 2. The number of hydrogen-bond donors (Lipinski definition) is 1. The lowest BCUT2D eigenvalue weighted by Crippen LogP contribution is -2.39. The molecular formula is C22H26F2N6O3S. The highest BCUT2D eigenvalue weighted by atomic mass is 32.2. The van der Waals surface area contributed by atoms with E-state index in [4.69, 9.17) is 4.52 Å². The summed E-state index contributed by atoms with van der Waals surface area (Å²) in [6, 6.07) is 4.69. The zero-order valence-corrected chi connectivity index (χ0v) is 19.5. The van der Waals surface area contributed by atoms with Crippen LogP contribution in [0.15, 0.2) is 40.3 Å². The van der Waals surface area contributed by atoms with Crippen molar-refractivity contribution in [3.63, 3.8) is 0 Å². The molecule has 12 heteroatoms. The summed E-state index contributed by atoms with van der Waals surface area (Å²) in [7, 11) is -3.78. The molecule has 2 saturated carbocycles. The van der Waals surface area contributed by atoms with Gasteiger partial charge in [-0.15, -0.1) is 10.2 Å². The monoisotopic (exact) mass is 492 g/mol. The van der Waals surface area contributed by atoms with Gasteiger partial charge in [0.05, 0.1) is 4.90 Å². The number of halogens is 2. The fourth-order valence-corrected chi connectivity index (χ4v) is 6.07. The van der Waals surface area contributed by atoms with Crippen LogP contribution in [0.2, 0.25) is 0 Å². The van der Waals surface area contributed by atoms with E-state index >= 15 is 0 Å². The first-order chi connectivity index (χ1) is 16.3. The van der Waals surface area contributed by atoms with Crippen molar-refractivity contribution in [2.24, 2.45) is 0 Å². The van der Waals surface area contributed by atoms with Crippen LogP contribution >= 0.6 is 0 Å². The van der Waals surface area contributed by atoms with Crippen molar-refractivity contribution in [2.75, 3.05) is 0 Å². The Bertz CT molecular complexity index is 1260. The van der Waals surface area contributed by atoms with Gasteiger partial charge in [0.15, 0.2) is 0 Å². The molecule has 182 valence electrons. The Balaban J connectivity index is 1.39. The topological polar surface area (TPSA) is 116 Å². The molecule has 2 fully saturated rings. The Labute approximate surface area is 196 Å². The molecule has 2 aliphatic carbocycles. The first kappa shape index (κ1) is 23.0. The Morgan fingerprint density at radius 2 is 1.94 bits per heavy atom. The van der Waals surface area contributed by atoms with E-state index in [1.54, 1.807) is 24.8 Å². The van der Waals surface area contributed by atoms with Crippen molar-refractivity contribution in [3.8, 4) is 11.4 Å². The average Bonchev–Trinajstić information content (AvgIpc) is 3.30. The van der Waals surface area contributed by atoms with Gasteiger partial charge in [0.25, 0.3) is 5.89 Å². The van der Waals surface area contributed by atoms with Crippen LogP contribution in [-0.4, -0.2) is 39.4 Å². The van der Waals surface area contributed by atoms with Gasteiger partial charge in [-0.05, 0) is 68.2 Å². The molecule has 9 nitrogen and oxygen atoms in total. The summed E-state index contributed by atoms with van der Waals surface area (Å²) in [5.74, 6) is -3.82. The molecule has 2 aliphatic rings. The summed E-state index contributed by atoms with van der Waals surface area (Å²) in [5, 5.41) is 11.4. The van der Waals surface area contributed by atoms with Gasteiger partial charge in [0.1, 0.15) is 12.7 Å². The number of rotatable bonds is 8. The van der Waals surface area contributed by atoms with Crippen LogP contribution in [0.5, 0.6) is 0 Å². The predicted molar refractivity (Wildman–Crippen MR) is 118 cm³/mol. The molecule has 5 rings (SSSR count). The molecule has 0 amide bonds. The maximum atomic E-state index is 13.9. The summed E-state index contributed by atoms with van der Waals surface area (Å²) >= 11 is 0. The van der Waals surface area contributed by atoms with Crippen molar-refractivity contribution in [3.05, 3.63) is 42.3 Å². The molecule has 1 aromatic carbocycles. The molecule has 0 spiro atoms. The van der Waals surface area contributed by atoms with Gasteiger partial charge in [0, 0.05) is 24.1 Å². The third-order valence-electron chi connectivity index (χ3n) is 6.58. The zero-order valence-electron chi connectivity index (χ0n) is 18.7. The van der Waals surface area contributed by atoms with Crippen LogP contribution in [0.3, 0.4) is 0 Å². The lowest BCUT2D eigenvalue weighted by Gasteiger charge is -2.30. The fourth-order valence-electron chi connectivity index (χ4n) is 4.51. The SMILES string of the molecule is CCC(F)(F)c1nc(-c2ccc(S(=O)(=O)N[C@H]3CCC[C@@H](n4cnnc4)C3)c(C3CC3)c2)no1. The van der Waals surface area contributed by atoms with E-state index in [9.17, 15) is 17.2 Å². The van der Waals surface area contributed by atoms with E-state index < -0.39 is 28.3 Å². The minimum absolute atomic E-state index is 0.0194. The fraction of sp³-hybridized carbons (Fsp3) is 0.545. The van der Waals surface area contributed by atoms with E-state index in [0.29, 0.717) is 17.5 Å². The van der Waals surface area contributed by atoms with Crippen LogP contribution in [0.1, 0.15) is 75.3 Å².